The minimum Gasteiger partial charge on any atom is -0.304 e. The number of halogens is 1. The van der Waals surface area contributed by atoms with E-state index >= 15 is 0 Å². The molecule has 0 spiro atoms. The van der Waals surface area contributed by atoms with Crippen molar-refractivity contribution < 1.29 is 17.6 Å². The van der Waals surface area contributed by atoms with Gasteiger partial charge in [-0.2, -0.15) is 4.31 Å². The second kappa shape index (κ2) is 7.99. The molecule has 2 aliphatic rings. The third-order valence-electron chi connectivity index (χ3n) is 4.98. The maximum Gasteiger partial charge on any atom is 0.243 e. The van der Waals surface area contributed by atoms with Gasteiger partial charge in [-0.05, 0) is 44.2 Å². The molecule has 2 heterocycles. The number of hydrazine groups is 1. The molecule has 3 rings (SSSR count). The monoisotopic (exact) mass is 384 g/mol. The van der Waals surface area contributed by atoms with Crippen molar-refractivity contribution in [1.82, 2.24) is 19.6 Å². The van der Waals surface area contributed by atoms with Gasteiger partial charge >= 0.3 is 0 Å². The fourth-order valence-corrected chi connectivity index (χ4v) is 4.82. The van der Waals surface area contributed by atoms with E-state index in [2.05, 4.69) is 10.3 Å². The van der Waals surface area contributed by atoms with Crippen molar-refractivity contribution in [2.75, 3.05) is 46.3 Å². The van der Waals surface area contributed by atoms with E-state index in [9.17, 15) is 17.6 Å². The smallest absolute Gasteiger partial charge is 0.243 e. The molecule has 1 atom stereocenters. The highest BCUT2D eigenvalue weighted by atomic mass is 32.2. The second-order valence-electron chi connectivity index (χ2n) is 6.92. The van der Waals surface area contributed by atoms with Gasteiger partial charge in [0.2, 0.25) is 15.9 Å². The van der Waals surface area contributed by atoms with E-state index in [1.54, 1.807) is 0 Å². The summed E-state index contributed by atoms with van der Waals surface area (Å²) < 4.78 is 39.9. The molecular formula is C17H25FN4O3S. The highest BCUT2D eigenvalue weighted by Gasteiger charge is 2.34. The molecule has 0 saturated carbocycles. The molecule has 2 aliphatic heterocycles. The standard InChI is InChI=1S/C17H25FN4O3S/c1-20-9-11-21(12-10-20)19-17(23)14-3-2-8-22(13-14)26(24,25)16-6-4-15(18)5-7-16/h4-7,14H,2-3,8-13H2,1H3,(H,19,23)/t14-/m0/s1. The van der Waals surface area contributed by atoms with E-state index in [1.807, 2.05) is 12.1 Å². The van der Waals surface area contributed by atoms with Crippen molar-refractivity contribution in [1.29, 1.82) is 0 Å². The number of carbonyl (C=O) groups excluding carboxylic acids is 1. The molecule has 2 saturated heterocycles. The van der Waals surface area contributed by atoms with Gasteiger partial charge in [0, 0.05) is 39.3 Å². The first-order valence-electron chi connectivity index (χ1n) is 8.86. The number of hydrogen-bond donors (Lipinski definition) is 1. The first-order valence-corrected chi connectivity index (χ1v) is 10.3. The van der Waals surface area contributed by atoms with Crippen LogP contribution in [0.5, 0.6) is 0 Å². The van der Waals surface area contributed by atoms with E-state index in [-0.39, 0.29) is 23.3 Å². The zero-order valence-corrected chi connectivity index (χ0v) is 15.7. The van der Waals surface area contributed by atoms with Gasteiger partial charge in [0.15, 0.2) is 0 Å². The van der Waals surface area contributed by atoms with E-state index in [1.165, 1.54) is 16.4 Å². The van der Waals surface area contributed by atoms with Crippen molar-refractivity contribution in [3.8, 4) is 0 Å². The number of piperidine rings is 1. The molecule has 2 fully saturated rings. The summed E-state index contributed by atoms with van der Waals surface area (Å²) in [7, 11) is -1.68. The third kappa shape index (κ3) is 4.40. The zero-order chi connectivity index (χ0) is 18.7. The highest BCUT2D eigenvalue weighted by Crippen LogP contribution is 2.24. The largest absolute Gasteiger partial charge is 0.304 e. The highest BCUT2D eigenvalue weighted by molar-refractivity contribution is 7.89. The van der Waals surface area contributed by atoms with Crippen molar-refractivity contribution in [2.24, 2.45) is 5.92 Å². The van der Waals surface area contributed by atoms with E-state index in [0.29, 0.717) is 19.4 Å². The number of nitrogens with one attached hydrogen (secondary N) is 1. The minimum atomic E-state index is -3.72. The SMILES string of the molecule is CN1CCN(NC(=O)[C@H]2CCCN(S(=O)(=O)c3ccc(F)cc3)C2)CC1. The van der Waals surface area contributed by atoms with Crippen LogP contribution >= 0.6 is 0 Å². The Balaban J connectivity index is 1.63. The lowest BCUT2D eigenvalue weighted by Crippen LogP contribution is -2.55. The summed E-state index contributed by atoms with van der Waals surface area (Å²) in [5.74, 6) is -0.987. The fourth-order valence-electron chi connectivity index (χ4n) is 3.30. The summed E-state index contributed by atoms with van der Waals surface area (Å²) in [4.78, 5) is 14.8. The molecule has 0 aliphatic carbocycles. The molecule has 0 radical (unpaired) electrons. The number of sulfonamides is 1. The Bertz CT molecular complexity index is 733. The first-order chi connectivity index (χ1) is 12.4. The molecule has 144 valence electrons. The number of carbonyl (C=O) groups is 1. The predicted octanol–water partition coefficient (Wildman–Crippen LogP) is 0.505. The number of likely N-dealkylation sites (N-methyl/N-ethyl adjacent to an activating group) is 1. The van der Waals surface area contributed by atoms with Crippen molar-refractivity contribution in [2.45, 2.75) is 17.7 Å². The van der Waals surface area contributed by atoms with Crippen molar-refractivity contribution in [3.05, 3.63) is 30.1 Å². The summed E-state index contributed by atoms with van der Waals surface area (Å²) in [6.07, 6.45) is 1.29. The number of nitrogens with zero attached hydrogens (tertiary/aromatic N) is 3. The van der Waals surface area contributed by atoms with Crippen LogP contribution in [-0.4, -0.2) is 74.9 Å². The minimum absolute atomic E-state index is 0.0547. The van der Waals surface area contributed by atoms with Gasteiger partial charge in [-0.15, -0.1) is 0 Å². The van der Waals surface area contributed by atoms with Crippen LogP contribution < -0.4 is 5.43 Å². The number of amides is 1. The van der Waals surface area contributed by atoms with Gasteiger partial charge in [-0.3, -0.25) is 10.2 Å². The normalized spacial score (nSPS) is 23.7. The summed E-state index contributed by atoms with van der Waals surface area (Å²) in [6, 6.07) is 4.79. The molecule has 0 bridgehead atoms. The van der Waals surface area contributed by atoms with Crippen LogP contribution in [0.2, 0.25) is 0 Å². The average molecular weight is 384 g/mol. The first kappa shape index (κ1) is 19.2. The molecule has 1 aromatic rings. The van der Waals surface area contributed by atoms with E-state index < -0.39 is 15.8 Å². The summed E-state index contributed by atoms with van der Waals surface area (Å²) in [5.41, 5.74) is 2.93. The van der Waals surface area contributed by atoms with Crippen LogP contribution in [0.3, 0.4) is 0 Å². The van der Waals surface area contributed by atoms with Crippen LogP contribution in [0.1, 0.15) is 12.8 Å². The molecule has 9 heteroatoms. The van der Waals surface area contributed by atoms with Crippen molar-refractivity contribution in [3.63, 3.8) is 0 Å². The summed E-state index contributed by atoms with van der Waals surface area (Å²) >= 11 is 0. The van der Waals surface area contributed by atoms with Crippen molar-refractivity contribution >= 4 is 15.9 Å². The molecular weight excluding hydrogens is 359 g/mol. The van der Waals surface area contributed by atoms with Gasteiger partial charge in [0.25, 0.3) is 0 Å². The summed E-state index contributed by atoms with van der Waals surface area (Å²) in [6.45, 7) is 3.81. The van der Waals surface area contributed by atoms with Crippen LogP contribution in [0.15, 0.2) is 29.2 Å². The van der Waals surface area contributed by atoms with Gasteiger partial charge in [0.05, 0.1) is 10.8 Å². The Morgan fingerprint density at radius 1 is 1.12 bits per heavy atom. The Kier molecular flexibility index (Phi) is 5.91. The lowest BCUT2D eigenvalue weighted by atomic mass is 9.99. The summed E-state index contributed by atoms with van der Waals surface area (Å²) in [5, 5.41) is 1.90. The molecule has 7 nitrogen and oxygen atoms in total. The molecule has 1 N–H and O–H groups in total. The molecule has 0 unspecified atom stereocenters. The Morgan fingerprint density at radius 3 is 2.42 bits per heavy atom. The van der Waals surface area contributed by atoms with Gasteiger partial charge < -0.3 is 4.90 Å². The van der Waals surface area contributed by atoms with Gasteiger partial charge in [0.1, 0.15) is 5.82 Å². The number of benzene rings is 1. The van der Waals surface area contributed by atoms with Gasteiger partial charge in [-0.25, -0.2) is 17.8 Å². The maximum absolute atomic E-state index is 13.1. The molecule has 26 heavy (non-hydrogen) atoms. The number of piperazine rings is 1. The maximum atomic E-state index is 13.1. The molecule has 0 aromatic heterocycles. The van der Waals surface area contributed by atoms with Crippen LogP contribution in [0, 0.1) is 11.7 Å². The van der Waals surface area contributed by atoms with Gasteiger partial charge in [-0.1, -0.05) is 0 Å². The van der Waals surface area contributed by atoms with Crippen LogP contribution in [0.25, 0.3) is 0 Å². The topological polar surface area (TPSA) is 73.0 Å². The fraction of sp³-hybridized carbons (Fsp3) is 0.588. The molecule has 1 amide bonds. The Hall–Kier alpha value is -1.55. The Morgan fingerprint density at radius 2 is 1.77 bits per heavy atom. The van der Waals surface area contributed by atoms with Crippen LogP contribution in [0.4, 0.5) is 4.39 Å². The predicted molar refractivity (Wildman–Crippen MR) is 95.1 cm³/mol. The molecule has 1 aromatic carbocycles. The average Bonchev–Trinajstić information content (AvgIpc) is 2.64. The third-order valence-corrected chi connectivity index (χ3v) is 6.86. The van der Waals surface area contributed by atoms with E-state index in [0.717, 1.165) is 38.3 Å². The lowest BCUT2D eigenvalue weighted by Gasteiger charge is -2.35. The van der Waals surface area contributed by atoms with Crippen LogP contribution in [-0.2, 0) is 14.8 Å². The lowest BCUT2D eigenvalue weighted by molar-refractivity contribution is -0.131. The number of rotatable bonds is 4. The number of hydrogen-bond acceptors (Lipinski definition) is 5. The van der Waals surface area contributed by atoms with E-state index in [4.69, 9.17) is 0 Å². The quantitative estimate of drug-likeness (QED) is 0.819. The second-order valence-corrected chi connectivity index (χ2v) is 8.86. The Labute approximate surface area is 153 Å². The zero-order valence-electron chi connectivity index (χ0n) is 14.9.